The van der Waals surface area contributed by atoms with E-state index in [0.717, 1.165) is 49.7 Å². The topological polar surface area (TPSA) is 53.0 Å². The molecule has 0 bridgehead atoms. The summed E-state index contributed by atoms with van der Waals surface area (Å²) < 4.78 is 5.88. The van der Waals surface area contributed by atoms with Crippen LogP contribution >= 0.6 is 0 Å². The molecule has 0 radical (unpaired) electrons. The maximum absolute atomic E-state index is 10.6. The van der Waals surface area contributed by atoms with Gasteiger partial charge >= 0.3 is 0 Å². The van der Waals surface area contributed by atoms with E-state index in [1.807, 2.05) is 13.0 Å². The van der Waals surface area contributed by atoms with Gasteiger partial charge in [0, 0.05) is 5.92 Å². The first-order chi connectivity index (χ1) is 10.9. The van der Waals surface area contributed by atoms with Crippen LogP contribution in [0.1, 0.15) is 59.3 Å². The van der Waals surface area contributed by atoms with E-state index in [1.54, 1.807) is 0 Å². The van der Waals surface area contributed by atoms with E-state index in [9.17, 15) is 10.2 Å². The second kappa shape index (κ2) is 7.78. The number of hydrogen-bond donors (Lipinski definition) is 2. The molecular weight excluding hydrogens is 288 g/mol. The van der Waals surface area contributed by atoms with Crippen molar-refractivity contribution in [2.24, 2.45) is 5.92 Å². The average molecular weight is 320 g/mol. The molecule has 1 heterocycles. The van der Waals surface area contributed by atoms with Crippen molar-refractivity contribution in [2.75, 3.05) is 6.61 Å². The van der Waals surface area contributed by atoms with Crippen molar-refractivity contribution < 1.29 is 14.9 Å². The van der Waals surface area contributed by atoms with Gasteiger partial charge in [0.25, 0.3) is 0 Å². The minimum Gasteiger partial charge on any atom is -0.392 e. The number of aliphatic hydroxyl groups is 2. The Hall–Kier alpha value is -0.900. The number of ether oxygens (including phenoxy) is 1. The van der Waals surface area contributed by atoms with Gasteiger partial charge in [-0.05, 0) is 64.9 Å². The van der Waals surface area contributed by atoms with Crippen molar-refractivity contribution in [2.45, 2.75) is 77.1 Å². The quantitative estimate of drug-likeness (QED) is 0.599. The third kappa shape index (κ3) is 5.03. The molecule has 0 spiro atoms. The summed E-state index contributed by atoms with van der Waals surface area (Å²) in [6, 6.07) is 0. The molecule has 1 aliphatic carbocycles. The average Bonchev–Trinajstić information content (AvgIpc) is 3.13. The van der Waals surface area contributed by atoms with Gasteiger partial charge in [-0.3, -0.25) is 0 Å². The Morgan fingerprint density at radius 3 is 2.78 bits per heavy atom. The van der Waals surface area contributed by atoms with Crippen LogP contribution in [0.3, 0.4) is 0 Å². The highest BCUT2D eigenvalue weighted by Gasteiger charge is 2.50. The normalized spacial score (nSPS) is 40.8. The number of allylic oxidation sites excluding steroid dienone is 2. The Labute approximate surface area is 140 Å². The molecule has 1 saturated heterocycles. The number of aliphatic hydroxyl groups excluding tert-OH is 2. The van der Waals surface area contributed by atoms with Crippen LogP contribution in [0.15, 0.2) is 35.5 Å². The van der Waals surface area contributed by atoms with Crippen LogP contribution in [0, 0.1) is 5.92 Å². The van der Waals surface area contributed by atoms with Crippen molar-refractivity contribution in [3.63, 3.8) is 0 Å². The molecule has 2 aliphatic rings. The predicted octanol–water partition coefficient (Wildman–Crippen LogP) is 3.92. The number of epoxide rings is 1. The molecule has 0 saturated carbocycles. The Morgan fingerprint density at radius 1 is 1.39 bits per heavy atom. The van der Waals surface area contributed by atoms with Crippen molar-refractivity contribution in [1.29, 1.82) is 0 Å². The molecule has 0 amide bonds. The van der Waals surface area contributed by atoms with E-state index >= 15 is 0 Å². The van der Waals surface area contributed by atoms with Crippen LogP contribution in [-0.2, 0) is 4.74 Å². The SMILES string of the molecule is C=C(C)[C@@H]1CC/C(C)=C/CC[C@@]2(C)O[C@H]2CC/C(CO)=C\[C@@H]1O. The minimum atomic E-state index is -0.572. The van der Waals surface area contributed by atoms with Crippen molar-refractivity contribution in [3.05, 3.63) is 35.5 Å². The molecule has 3 nitrogen and oxygen atoms in total. The van der Waals surface area contributed by atoms with E-state index in [-0.39, 0.29) is 24.2 Å². The first kappa shape index (κ1) is 18.4. The van der Waals surface area contributed by atoms with Crippen molar-refractivity contribution >= 4 is 0 Å². The van der Waals surface area contributed by atoms with E-state index in [0.29, 0.717) is 0 Å². The van der Waals surface area contributed by atoms with Gasteiger partial charge in [0.15, 0.2) is 0 Å². The van der Waals surface area contributed by atoms with Crippen LogP contribution in [0.2, 0.25) is 0 Å². The van der Waals surface area contributed by atoms with E-state index < -0.39 is 6.10 Å². The lowest BCUT2D eigenvalue weighted by atomic mass is 9.87. The summed E-state index contributed by atoms with van der Waals surface area (Å²) in [5, 5.41) is 20.2. The molecule has 1 aliphatic heterocycles. The van der Waals surface area contributed by atoms with Crippen LogP contribution in [0.25, 0.3) is 0 Å². The van der Waals surface area contributed by atoms with Crippen molar-refractivity contribution in [1.82, 2.24) is 0 Å². The van der Waals surface area contributed by atoms with E-state index in [2.05, 4.69) is 26.5 Å². The minimum absolute atomic E-state index is 0.000316. The third-order valence-electron chi connectivity index (χ3n) is 5.40. The first-order valence-electron chi connectivity index (χ1n) is 8.83. The van der Waals surface area contributed by atoms with E-state index in [1.165, 1.54) is 5.57 Å². The zero-order valence-corrected chi connectivity index (χ0v) is 14.8. The Kier molecular flexibility index (Phi) is 6.24. The molecule has 4 atom stereocenters. The summed E-state index contributed by atoms with van der Waals surface area (Å²) in [4.78, 5) is 0. The second-order valence-corrected chi connectivity index (χ2v) is 7.51. The fraction of sp³-hybridized carbons (Fsp3) is 0.700. The molecule has 0 aromatic carbocycles. The highest BCUT2D eigenvalue weighted by atomic mass is 16.6. The maximum Gasteiger partial charge on any atom is 0.0923 e. The van der Waals surface area contributed by atoms with Gasteiger partial charge in [-0.2, -0.15) is 0 Å². The summed E-state index contributed by atoms with van der Waals surface area (Å²) in [7, 11) is 0. The molecular formula is C20H32O3. The number of rotatable bonds is 2. The standard InChI is InChI=1S/C20H32O3/c1-14(2)17-9-7-15(3)6-5-11-20(4)19(23-20)10-8-16(13-21)12-18(17)22/h6,12,17-19,21-22H,1,5,7-11,13H2,2-4H3/b15-6+,16-12+/t17-,18-,19-,20+/m0/s1. The van der Waals surface area contributed by atoms with Crippen LogP contribution < -0.4 is 0 Å². The highest BCUT2D eigenvalue weighted by molar-refractivity contribution is 5.14. The van der Waals surface area contributed by atoms with Gasteiger partial charge < -0.3 is 14.9 Å². The Morgan fingerprint density at radius 2 is 2.13 bits per heavy atom. The van der Waals surface area contributed by atoms with Gasteiger partial charge in [0.1, 0.15) is 0 Å². The molecule has 23 heavy (non-hydrogen) atoms. The van der Waals surface area contributed by atoms with Crippen LogP contribution in [0.5, 0.6) is 0 Å². The first-order valence-corrected chi connectivity index (χ1v) is 8.83. The fourth-order valence-electron chi connectivity index (χ4n) is 3.56. The summed E-state index contributed by atoms with van der Waals surface area (Å²) in [6.45, 7) is 10.4. The number of hydrogen-bond acceptors (Lipinski definition) is 3. The lowest BCUT2D eigenvalue weighted by molar-refractivity contribution is 0.163. The second-order valence-electron chi connectivity index (χ2n) is 7.51. The summed E-state index contributed by atoms with van der Waals surface area (Å²) in [5.74, 6) is 0.0466. The van der Waals surface area contributed by atoms with Crippen LogP contribution in [0.4, 0.5) is 0 Å². The lowest BCUT2D eigenvalue weighted by Gasteiger charge is -2.22. The highest BCUT2D eigenvalue weighted by Crippen LogP contribution is 2.43. The molecule has 0 unspecified atom stereocenters. The van der Waals surface area contributed by atoms with Crippen LogP contribution in [-0.4, -0.2) is 34.6 Å². The van der Waals surface area contributed by atoms with Gasteiger partial charge in [-0.15, -0.1) is 0 Å². The zero-order chi connectivity index (χ0) is 17.0. The molecule has 0 aromatic rings. The fourth-order valence-corrected chi connectivity index (χ4v) is 3.56. The smallest absolute Gasteiger partial charge is 0.0923 e. The summed E-state index contributed by atoms with van der Waals surface area (Å²) >= 11 is 0. The molecule has 2 N–H and O–H groups in total. The predicted molar refractivity (Wildman–Crippen MR) is 94.2 cm³/mol. The lowest BCUT2D eigenvalue weighted by Crippen LogP contribution is -2.20. The van der Waals surface area contributed by atoms with Gasteiger partial charge in [-0.25, -0.2) is 0 Å². The van der Waals surface area contributed by atoms with E-state index in [4.69, 9.17) is 4.74 Å². The van der Waals surface area contributed by atoms with Gasteiger partial charge in [-0.1, -0.05) is 29.9 Å². The maximum atomic E-state index is 10.6. The molecule has 2 rings (SSSR count). The Balaban J connectivity index is 2.15. The molecule has 3 heteroatoms. The largest absolute Gasteiger partial charge is 0.392 e. The third-order valence-corrected chi connectivity index (χ3v) is 5.40. The van der Waals surface area contributed by atoms with Gasteiger partial charge in [0.05, 0.1) is 24.4 Å². The monoisotopic (exact) mass is 320 g/mol. The summed E-state index contributed by atoms with van der Waals surface area (Å²) in [6.07, 6.45) is 9.52. The molecule has 1 fully saturated rings. The number of fused-ring (bicyclic) bond motifs is 1. The van der Waals surface area contributed by atoms with Crippen molar-refractivity contribution in [3.8, 4) is 0 Å². The molecule has 130 valence electrons. The van der Waals surface area contributed by atoms with Gasteiger partial charge in [0.2, 0.25) is 0 Å². The summed E-state index contributed by atoms with van der Waals surface area (Å²) in [5.41, 5.74) is 3.28. The zero-order valence-electron chi connectivity index (χ0n) is 14.8. The molecule has 0 aromatic heterocycles. The Bertz CT molecular complexity index is 491.